The fourth-order valence-corrected chi connectivity index (χ4v) is 2.78. The molecule has 0 amide bonds. The Labute approximate surface area is 119 Å². The topological polar surface area (TPSA) is 34.9 Å². The highest BCUT2D eigenvalue weighted by molar-refractivity contribution is 7.98. The van der Waals surface area contributed by atoms with E-state index in [0.29, 0.717) is 26.6 Å². The first kappa shape index (κ1) is 13.5. The van der Waals surface area contributed by atoms with Crippen LogP contribution in [0.3, 0.4) is 0 Å². The summed E-state index contributed by atoms with van der Waals surface area (Å²) in [5, 5.41) is 1.41. The smallest absolute Gasteiger partial charge is 0.259 e. The molecule has 0 atom stereocenters. The molecule has 0 unspecified atom stereocenters. The van der Waals surface area contributed by atoms with Crippen LogP contribution in [0.1, 0.15) is 5.69 Å². The van der Waals surface area contributed by atoms with E-state index in [-0.39, 0.29) is 5.56 Å². The van der Waals surface area contributed by atoms with Gasteiger partial charge in [-0.3, -0.25) is 9.36 Å². The Morgan fingerprint density at radius 3 is 2.44 bits per heavy atom. The summed E-state index contributed by atoms with van der Waals surface area (Å²) in [4.78, 5) is 16.4. The zero-order valence-corrected chi connectivity index (χ0v) is 12.1. The van der Waals surface area contributed by atoms with Crippen molar-refractivity contribution in [1.82, 2.24) is 9.55 Å². The molecule has 0 radical (unpaired) electrons. The standard InChI is InChI=1S/C12H10Cl2N2OS/c1-7-6-10(17)16(12(15-7)18-2)11-8(13)4-3-5-9(11)14/h3-6H,1-2H3. The molecule has 1 aromatic carbocycles. The van der Waals surface area contributed by atoms with Gasteiger partial charge in [0.1, 0.15) is 0 Å². The Balaban J connectivity index is 2.83. The van der Waals surface area contributed by atoms with Crippen molar-refractivity contribution >= 4 is 35.0 Å². The third-order valence-electron chi connectivity index (χ3n) is 2.36. The summed E-state index contributed by atoms with van der Waals surface area (Å²) < 4.78 is 1.43. The van der Waals surface area contributed by atoms with E-state index in [0.717, 1.165) is 0 Å². The van der Waals surface area contributed by atoms with Gasteiger partial charge in [-0.1, -0.05) is 41.0 Å². The predicted molar refractivity (Wildman–Crippen MR) is 76.4 cm³/mol. The first-order chi connectivity index (χ1) is 8.54. The second-order valence-electron chi connectivity index (χ2n) is 3.63. The van der Waals surface area contributed by atoms with Gasteiger partial charge in [0.05, 0.1) is 15.7 Å². The van der Waals surface area contributed by atoms with Crippen LogP contribution < -0.4 is 5.56 Å². The number of benzene rings is 1. The van der Waals surface area contributed by atoms with Gasteiger partial charge in [0, 0.05) is 11.8 Å². The molecule has 0 aliphatic carbocycles. The van der Waals surface area contributed by atoms with E-state index in [4.69, 9.17) is 23.2 Å². The molecule has 18 heavy (non-hydrogen) atoms. The molecule has 2 aromatic rings. The number of nitrogens with zero attached hydrogens (tertiary/aromatic N) is 2. The Hall–Kier alpha value is -0.970. The average molecular weight is 301 g/mol. The van der Waals surface area contributed by atoms with E-state index >= 15 is 0 Å². The van der Waals surface area contributed by atoms with Gasteiger partial charge in [-0.25, -0.2) is 4.98 Å². The molecule has 1 heterocycles. The number of halogens is 2. The van der Waals surface area contributed by atoms with Crippen LogP contribution >= 0.6 is 35.0 Å². The van der Waals surface area contributed by atoms with Crippen LogP contribution in [0.15, 0.2) is 34.2 Å². The summed E-state index contributed by atoms with van der Waals surface area (Å²) in [6.45, 7) is 1.78. The molecule has 0 bridgehead atoms. The van der Waals surface area contributed by atoms with Crippen molar-refractivity contribution in [1.29, 1.82) is 0 Å². The Morgan fingerprint density at radius 2 is 1.89 bits per heavy atom. The Kier molecular flexibility index (Phi) is 4.00. The third-order valence-corrected chi connectivity index (χ3v) is 3.61. The number of hydrogen-bond acceptors (Lipinski definition) is 3. The van der Waals surface area contributed by atoms with Crippen LogP contribution in [0.25, 0.3) is 5.69 Å². The van der Waals surface area contributed by atoms with E-state index < -0.39 is 0 Å². The molecule has 0 fully saturated rings. The second kappa shape index (κ2) is 5.34. The van der Waals surface area contributed by atoms with Gasteiger partial charge < -0.3 is 0 Å². The third kappa shape index (κ3) is 2.41. The van der Waals surface area contributed by atoms with E-state index in [1.807, 2.05) is 6.26 Å². The van der Waals surface area contributed by atoms with E-state index in [2.05, 4.69) is 4.98 Å². The maximum atomic E-state index is 12.1. The molecule has 0 aliphatic heterocycles. The lowest BCUT2D eigenvalue weighted by molar-refractivity contribution is 0.782. The minimum atomic E-state index is -0.193. The van der Waals surface area contributed by atoms with Crippen molar-refractivity contribution in [2.24, 2.45) is 0 Å². The highest BCUT2D eigenvalue weighted by Gasteiger charge is 2.14. The maximum Gasteiger partial charge on any atom is 0.259 e. The van der Waals surface area contributed by atoms with Crippen molar-refractivity contribution in [3.05, 3.63) is 50.4 Å². The predicted octanol–water partition coefficient (Wildman–Crippen LogP) is 3.57. The summed E-state index contributed by atoms with van der Waals surface area (Å²) >= 11 is 13.6. The second-order valence-corrected chi connectivity index (χ2v) is 5.22. The molecular formula is C12H10Cl2N2OS. The van der Waals surface area contributed by atoms with Crippen LogP contribution in [-0.2, 0) is 0 Å². The Bertz CT molecular complexity index is 635. The van der Waals surface area contributed by atoms with Crippen LogP contribution in [0, 0.1) is 6.92 Å². The molecule has 2 rings (SSSR count). The summed E-state index contributed by atoms with van der Waals surface area (Å²) in [5.74, 6) is 0. The van der Waals surface area contributed by atoms with Crippen LogP contribution in [0.4, 0.5) is 0 Å². The first-order valence-electron chi connectivity index (χ1n) is 5.13. The molecule has 0 N–H and O–H groups in total. The summed E-state index contributed by atoms with van der Waals surface area (Å²) in [6.07, 6.45) is 1.85. The molecule has 0 spiro atoms. The average Bonchev–Trinajstić information content (AvgIpc) is 2.30. The van der Waals surface area contributed by atoms with Gasteiger partial charge in [-0.05, 0) is 25.3 Å². The largest absolute Gasteiger partial charge is 0.269 e. The zero-order valence-electron chi connectivity index (χ0n) is 9.78. The normalized spacial score (nSPS) is 10.7. The maximum absolute atomic E-state index is 12.1. The van der Waals surface area contributed by atoms with Gasteiger partial charge in [-0.15, -0.1) is 0 Å². The first-order valence-corrected chi connectivity index (χ1v) is 7.11. The van der Waals surface area contributed by atoms with Gasteiger partial charge in [0.2, 0.25) is 0 Å². The van der Waals surface area contributed by atoms with Crippen molar-refractivity contribution in [2.45, 2.75) is 12.1 Å². The minimum absolute atomic E-state index is 0.193. The lowest BCUT2D eigenvalue weighted by Crippen LogP contribution is -2.21. The minimum Gasteiger partial charge on any atom is -0.269 e. The zero-order chi connectivity index (χ0) is 13.3. The van der Waals surface area contributed by atoms with Crippen LogP contribution in [0.2, 0.25) is 10.0 Å². The monoisotopic (exact) mass is 300 g/mol. The van der Waals surface area contributed by atoms with E-state index in [1.165, 1.54) is 22.4 Å². The van der Waals surface area contributed by atoms with Crippen molar-refractivity contribution in [3.8, 4) is 5.69 Å². The lowest BCUT2D eigenvalue weighted by atomic mass is 10.3. The molecule has 3 nitrogen and oxygen atoms in total. The molecular weight excluding hydrogens is 291 g/mol. The number of aromatic nitrogens is 2. The van der Waals surface area contributed by atoms with Gasteiger partial charge in [-0.2, -0.15) is 0 Å². The SMILES string of the molecule is CSc1nc(C)cc(=O)n1-c1c(Cl)cccc1Cl. The fraction of sp³-hybridized carbons (Fsp3) is 0.167. The Morgan fingerprint density at radius 1 is 1.28 bits per heavy atom. The fourth-order valence-electron chi connectivity index (χ4n) is 1.62. The summed E-state index contributed by atoms with van der Waals surface area (Å²) in [6, 6.07) is 6.58. The van der Waals surface area contributed by atoms with Crippen LogP contribution in [-0.4, -0.2) is 15.8 Å². The molecule has 0 aliphatic rings. The highest BCUT2D eigenvalue weighted by Crippen LogP contribution is 2.29. The van der Waals surface area contributed by atoms with E-state index in [9.17, 15) is 4.79 Å². The number of rotatable bonds is 2. The van der Waals surface area contributed by atoms with E-state index in [1.54, 1.807) is 25.1 Å². The van der Waals surface area contributed by atoms with Gasteiger partial charge in [0.15, 0.2) is 5.16 Å². The molecule has 0 saturated carbocycles. The molecule has 6 heteroatoms. The number of thioether (sulfide) groups is 1. The summed E-state index contributed by atoms with van der Waals surface area (Å²) in [7, 11) is 0. The van der Waals surface area contributed by atoms with Gasteiger partial charge >= 0.3 is 0 Å². The number of hydrogen-bond donors (Lipinski definition) is 0. The van der Waals surface area contributed by atoms with Crippen molar-refractivity contribution in [2.75, 3.05) is 6.26 Å². The van der Waals surface area contributed by atoms with Crippen LogP contribution in [0.5, 0.6) is 0 Å². The molecule has 0 saturated heterocycles. The highest BCUT2D eigenvalue weighted by atomic mass is 35.5. The van der Waals surface area contributed by atoms with Gasteiger partial charge in [0.25, 0.3) is 5.56 Å². The molecule has 94 valence electrons. The number of para-hydroxylation sites is 1. The molecule has 1 aromatic heterocycles. The van der Waals surface area contributed by atoms with Crippen molar-refractivity contribution in [3.63, 3.8) is 0 Å². The number of aryl methyl sites for hydroxylation is 1. The quantitative estimate of drug-likeness (QED) is 0.628. The summed E-state index contributed by atoms with van der Waals surface area (Å²) in [5.41, 5.74) is 0.952. The van der Waals surface area contributed by atoms with Crippen molar-refractivity contribution < 1.29 is 0 Å². The lowest BCUT2D eigenvalue weighted by Gasteiger charge is -2.13.